The zero-order chi connectivity index (χ0) is 15.3. The molecule has 0 spiro atoms. The highest BCUT2D eigenvalue weighted by Crippen LogP contribution is 2.23. The molecule has 0 amide bonds. The van der Waals surface area contributed by atoms with Gasteiger partial charge in [0.25, 0.3) is 0 Å². The second-order valence-electron chi connectivity index (χ2n) is 6.25. The maximum atomic E-state index is 4.67. The Morgan fingerprint density at radius 2 is 1.76 bits per heavy atom. The van der Waals surface area contributed by atoms with E-state index in [9.17, 15) is 0 Å². The molecule has 21 heavy (non-hydrogen) atoms. The number of pyridine rings is 1. The molecule has 0 aliphatic carbocycles. The van der Waals surface area contributed by atoms with Crippen LogP contribution in [0.3, 0.4) is 0 Å². The van der Waals surface area contributed by atoms with Crippen molar-refractivity contribution < 1.29 is 0 Å². The van der Waals surface area contributed by atoms with E-state index in [4.69, 9.17) is 0 Å². The van der Waals surface area contributed by atoms with Crippen molar-refractivity contribution in [3.8, 4) is 0 Å². The van der Waals surface area contributed by atoms with Gasteiger partial charge in [-0.15, -0.1) is 0 Å². The molecule has 0 saturated carbocycles. The van der Waals surface area contributed by atoms with Crippen LogP contribution >= 0.6 is 15.9 Å². The summed E-state index contributed by atoms with van der Waals surface area (Å²) in [4.78, 5) is 6.97. The van der Waals surface area contributed by atoms with Crippen LogP contribution in [-0.2, 0) is 12.0 Å². The van der Waals surface area contributed by atoms with E-state index < -0.39 is 0 Å². The summed E-state index contributed by atoms with van der Waals surface area (Å²) in [5.74, 6) is 1.03. The fourth-order valence-electron chi connectivity index (χ4n) is 2.20. The SMILES string of the molecule is CC(C)(C)c1ccc(N(CCBr)Cc2ccccc2)nc1. The molecule has 0 aliphatic heterocycles. The lowest BCUT2D eigenvalue weighted by molar-refractivity contribution is 0.587. The van der Waals surface area contributed by atoms with Gasteiger partial charge in [-0.1, -0.05) is 73.1 Å². The van der Waals surface area contributed by atoms with Crippen molar-refractivity contribution in [2.75, 3.05) is 16.8 Å². The molecular formula is C18H23BrN2. The summed E-state index contributed by atoms with van der Waals surface area (Å²) in [5, 5.41) is 0.933. The lowest BCUT2D eigenvalue weighted by Gasteiger charge is -2.25. The molecule has 0 N–H and O–H groups in total. The first-order chi connectivity index (χ1) is 10.0. The summed E-state index contributed by atoms with van der Waals surface area (Å²) in [6.07, 6.45) is 2.00. The molecule has 2 rings (SSSR count). The summed E-state index contributed by atoms with van der Waals surface area (Å²) in [5.41, 5.74) is 2.72. The van der Waals surface area contributed by atoms with E-state index in [1.165, 1.54) is 11.1 Å². The van der Waals surface area contributed by atoms with E-state index in [0.29, 0.717) is 0 Å². The van der Waals surface area contributed by atoms with Gasteiger partial charge in [0.2, 0.25) is 0 Å². The summed E-state index contributed by atoms with van der Waals surface area (Å²) in [6.45, 7) is 8.46. The highest BCUT2D eigenvalue weighted by atomic mass is 79.9. The van der Waals surface area contributed by atoms with Crippen molar-refractivity contribution >= 4 is 21.7 Å². The standard InChI is InChI=1S/C18H23BrN2/c1-18(2,3)16-9-10-17(20-13-16)21(12-11-19)14-15-7-5-4-6-8-15/h4-10,13H,11-12,14H2,1-3H3. The van der Waals surface area contributed by atoms with E-state index >= 15 is 0 Å². The lowest BCUT2D eigenvalue weighted by Crippen LogP contribution is -2.26. The Morgan fingerprint density at radius 3 is 2.29 bits per heavy atom. The minimum absolute atomic E-state index is 0.144. The fraction of sp³-hybridized carbons (Fsp3) is 0.389. The molecule has 0 fully saturated rings. The van der Waals surface area contributed by atoms with Crippen LogP contribution in [0, 0.1) is 0 Å². The molecule has 3 heteroatoms. The number of alkyl halides is 1. The topological polar surface area (TPSA) is 16.1 Å². The number of nitrogens with zero attached hydrogens (tertiary/aromatic N) is 2. The van der Waals surface area contributed by atoms with Gasteiger partial charge in [0, 0.05) is 24.6 Å². The lowest BCUT2D eigenvalue weighted by atomic mass is 9.88. The van der Waals surface area contributed by atoms with Gasteiger partial charge >= 0.3 is 0 Å². The van der Waals surface area contributed by atoms with Crippen molar-refractivity contribution in [1.82, 2.24) is 4.98 Å². The Hall–Kier alpha value is -1.35. The Morgan fingerprint density at radius 1 is 1.05 bits per heavy atom. The number of hydrogen-bond acceptors (Lipinski definition) is 2. The highest BCUT2D eigenvalue weighted by Gasteiger charge is 2.15. The minimum Gasteiger partial charge on any atom is -0.351 e. The van der Waals surface area contributed by atoms with Crippen molar-refractivity contribution in [3.05, 3.63) is 59.8 Å². The Balaban J connectivity index is 2.18. The quantitative estimate of drug-likeness (QED) is 0.724. The Labute approximate surface area is 136 Å². The van der Waals surface area contributed by atoms with Crippen molar-refractivity contribution in [3.63, 3.8) is 0 Å². The molecule has 1 heterocycles. The first-order valence-corrected chi connectivity index (χ1v) is 8.44. The molecule has 0 atom stereocenters. The third-order valence-electron chi connectivity index (χ3n) is 3.51. The van der Waals surface area contributed by atoms with Crippen LogP contribution in [0.15, 0.2) is 48.7 Å². The monoisotopic (exact) mass is 346 g/mol. The highest BCUT2D eigenvalue weighted by molar-refractivity contribution is 9.09. The number of hydrogen-bond donors (Lipinski definition) is 0. The average Bonchev–Trinajstić information content (AvgIpc) is 2.47. The predicted octanol–water partition coefficient (Wildman–Crippen LogP) is 4.78. The third-order valence-corrected chi connectivity index (χ3v) is 3.86. The molecule has 2 aromatic rings. The second-order valence-corrected chi connectivity index (χ2v) is 7.04. The zero-order valence-corrected chi connectivity index (χ0v) is 14.6. The van der Waals surface area contributed by atoms with E-state index in [0.717, 1.165) is 24.2 Å². The van der Waals surface area contributed by atoms with E-state index in [1.807, 2.05) is 6.20 Å². The normalized spacial score (nSPS) is 11.4. The summed E-state index contributed by atoms with van der Waals surface area (Å²) in [7, 11) is 0. The van der Waals surface area contributed by atoms with Gasteiger partial charge in [-0.25, -0.2) is 4.98 Å². The Bertz CT molecular complexity index is 544. The molecule has 0 bridgehead atoms. The number of rotatable bonds is 5. The maximum absolute atomic E-state index is 4.67. The van der Waals surface area contributed by atoms with Gasteiger partial charge in [-0.3, -0.25) is 0 Å². The second kappa shape index (κ2) is 7.08. The van der Waals surface area contributed by atoms with E-state index in [2.05, 4.69) is 89.0 Å². The van der Waals surface area contributed by atoms with Gasteiger partial charge in [0.15, 0.2) is 0 Å². The average molecular weight is 347 g/mol. The van der Waals surface area contributed by atoms with Gasteiger partial charge in [0.05, 0.1) is 0 Å². The maximum Gasteiger partial charge on any atom is 0.128 e. The van der Waals surface area contributed by atoms with Crippen LogP contribution < -0.4 is 4.90 Å². The van der Waals surface area contributed by atoms with Gasteiger partial charge in [-0.2, -0.15) is 0 Å². The van der Waals surface area contributed by atoms with Gasteiger partial charge in [0.1, 0.15) is 5.82 Å². The van der Waals surface area contributed by atoms with Crippen LogP contribution in [0.4, 0.5) is 5.82 Å². The molecule has 112 valence electrons. The number of anilines is 1. The number of benzene rings is 1. The molecule has 2 nitrogen and oxygen atoms in total. The zero-order valence-electron chi connectivity index (χ0n) is 13.0. The van der Waals surface area contributed by atoms with Gasteiger partial charge in [-0.05, 0) is 22.6 Å². The minimum atomic E-state index is 0.144. The van der Waals surface area contributed by atoms with Crippen molar-refractivity contribution in [1.29, 1.82) is 0 Å². The van der Waals surface area contributed by atoms with E-state index in [-0.39, 0.29) is 5.41 Å². The summed E-state index contributed by atoms with van der Waals surface area (Å²) in [6, 6.07) is 14.8. The van der Waals surface area contributed by atoms with Crippen LogP contribution in [0.1, 0.15) is 31.9 Å². The van der Waals surface area contributed by atoms with Crippen molar-refractivity contribution in [2.45, 2.75) is 32.7 Å². The molecule has 0 saturated heterocycles. The van der Waals surface area contributed by atoms with Gasteiger partial charge < -0.3 is 4.90 Å². The van der Waals surface area contributed by atoms with Crippen LogP contribution in [0.25, 0.3) is 0 Å². The van der Waals surface area contributed by atoms with Crippen LogP contribution in [0.2, 0.25) is 0 Å². The molecular weight excluding hydrogens is 324 g/mol. The largest absolute Gasteiger partial charge is 0.351 e. The predicted molar refractivity (Wildman–Crippen MR) is 94.2 cm³/mol. The van der Waals surface area contributed by atoms with Crippen LogP contribution in [0.5, 0.6) is 0 Å². The molecule has 0 radical (unpaired) electrons. The summed E-state index contributed by atoms with van der Waals surface area (Å²) >= 11 is 3.54. The van der Waals surface area contributed by atoms with Crippen molar-refractivity contribution in [2.24, 2.45) is 0 Å². The number of aromatic nitrogens is 1. The van der Waals surface area contributed by atoms with Crippen LogP contribution in [-0.4, -0.2) is 16.9 Å². The van der Waals surface area contributed by atoms with E-state index in [1.54, 1.807) is 0 Å². The first-order valence-electron chi connectivity index (χ1n) is 7.32. The molecule has 0 aliphatic rings. The third kappa shape index (κ3) is 4.57. The number of halogens is 1. The Kier molecular flexibility index (Phi) is 5.40. The smallest absolute Gasteiger partial charge is 0.128 e. The molecule has 1 aromatic heterocycles. The molecule has 0 unspecified atom stereocenters. The fourth-order valence-corrected chi connectivity index (χ4v) is 2.63. The summed E-state index contributed by atoms with van der Waals surface area (Å²) < 4.78 is 0. The first kappa shape index (κ1) is 16.0. The molecule has 1 aromatic carbocycles.